The monoisotopic (exact) mass is 392 g/mol. The highest BCUT2D eigenvalue weighted by atomic mass is 32.2. The Morgan fingerprint density at radius 3 is 2.62 bits per heavy atom. The van der Waals surface area contributed by atoms with Gasteiger partial charge in [0.25, 0.3) is 0 Å². The van der Waals surface area contributed by atoms with Crippen molar-refractivity contribution in [1.82, 2.24) is 4.98 Å². The molecule has 0 spiro atoms. The van der Waals surface area contributed by atoms with Gasteiger partial charge in [0, 0.05) is 10.7 Å². The number of alkyl halides is 2. The second-order valence-corrected chi connectivity index (χ2v) is 7.15. The van der Waals surface area contributed by atoms with Gasteiger partial charge in [-0.1, -0.05) is 24.3 Å². The van der Waals surface area contributed by atoms with E-state index >= 15 is 0 Å². The minimum Gasteiger partial charge on any atom is -0.549 e. The van der Waals surface area contributed by atoms with Gasteiger partial charge in [0.05, 0.1) is 16.2 Å². The van der Waals surface area contributed by atoms with Crippen molar-refractivity contribution < 1.29 is 23.4 Å². The molecule has 1 aromatic heterocycles. The number of aliphatic carboxylic acids is 1. The SMILES string of the molecule is O=C([O-])CS/C(=C\c1ccc(OC(F)F)cc1)c1nc2ccccc2s1. The zero-order valence-corrected chi connectivity index (χ0v) is 14.9. The Balaban J connectivity index is 1.92. The van der Waals surface area contributed by atoms with E-state index in [9.17, 15) is 18.7 Å². The molecule has 26 heavy (non-hydrogen) atoms. The maximum atomic E-state index is 12.2. The van der Waals surface area contributed by atoms with Gasteiger partial charge >= 0.3 is 6.61 Å². The standard InChI is InChI=1S/C18H13F2NO3S2/c19-18(20)24-12-7-5-11(6-8-12)9-15(25-10-16(22)23)17-21-13-3-1-2-4-14(13)26-17/h1-9,18H,10H2,(H,22,23)/p-1/b15-9-. The highest BCUT2D eigenvalue weighted by Crippen LogP contribution is 2.35. The molecule has 0 aliphatic rings. The molecular formula is C18H12F2NO3S2-. The molecule has 0 N–H and O–H groups in total. The number of para-hydroxylation sites is 1. The Bertz CT molecular complexity index is 906. The van der Waals surface area contributed by atoms with Crippen LogP contribution < -0.4 is 9.84 Å². The van der Waals surface area contributed by atoms with Gasteiger partial charge < -0.3 is 14.6 Å². The molecule has 8 heteroatoms. The van der Waals surface area contributed by atoms with E-state index in [-0.39, 0.29) is 11.5 Å². The van der Waals surface area contributed by atoms with Crippen LogP contribution in [0.3, 0.4) is 0 Å². The molecule has 3 aromatic rings. The number of thioether (sulfide) groups is 1. The fourth-order valence-corrected chi connectivity index (χ4v) is 4.02. The molecule has 1 heterocycles. The van der Waals surface area contributed by atoms with E-state index in [0.717, 1.165) is 22.0 Å². The van der Waals surface area contributed by atoms with Gasteiger partial charge in [-0.2, -0.15) is 8.78 Å². The number of carboxylic acids is 1. The molecule has 0 unspecified atom stereocenters. The second kappa shape index (κ2) is 8.29. The lowest BCUT2D eigenvalue weighted by Gasteiger charge is -2.07. The Kier molecular flexibility index (Phi) is 5.85. The normalized spacial score (nSPS) is 11.9. The summed E-state index contributed by atoms with van der Waals surface area (Å²) in [5.74, 6) is -1.34. The Labute approximate surface area is 156 Å². The Hall–Kier alpha value is -2.45. The number of hydrogen-bond acceptors (Lipinski definition) is 6. The number of carbonyl (C=O) groups is 1. The lowest BCUT2D eigenvalue weighted by atomic mass is 10.2. The van der Waals surface area contributed by atoms with Gasteiger partial charge in [0.15, 0.2) is 0 Å². The van der Waals surface area contributed by atoms with Crippen LogP contribution in [-0.4, -0.2) is 23.3 Å². The molecule has 3 rings (SSSR count). The lowest BCUT2D eigenvalue weighted by molar-refractivity contribution is -0.301. The van der Waals surface area contributed by atoms with Crippen LogP contribution in [0.2, 0.25) is 0 Å². The topological polar surface area (TPSA) is 62.2 Å². The number of fused-ring (bicyclic) bond motifs is 1. The summed E-state index contributed by atoms with van der Waals surface area (Å²) in [7, 11) is 0. The second-order valence-electron chi connectivity index (χ2n) is 5.10. The molecule has 0 aliphatic carbocycles. The summed E-state index contributed by atoms with van der Waals surface area (Å²) >= 11 is 2.55. The number of halogens is 2. The maximum absolute atomic E-state index is 12.2. The van der Waals surface area contributed by atoms with E-state index in [1.165, 1.54) is 23.5 Å². The fourth-order valence-electron chi connectivity index (χ4n) is 2.18. The Morgan fingerprint density at radius 1 is 1.23 bits per heavy atom. The number of ether oxygens (including phenoxy) is 1. The Morgan fingerprint density at radius 2 is 1.96 bits per heavy atom. The summed E-state index contributed by atoms with van der Waals surface area (Å²) in [5.41, 5.74) is 1.54. The highest BCUT2D eigenvalue weighted by molar-refractivity contribution is 8.09. The number of aromatic nitrogens is 1. The molecule has 0 amide bonds. The van der Waals surface area contributed by atoms with E-state index in [4.69, 9.17) is 0 Å². The summed E-state index contributed by atoms with van der Waals surface area (Å²) in [6, 6.07) is 13.7. The largest absolute Gasteiger partial charge is 0.549 e. The first-order chi connectivity index (χ1) is 12.5. The van der Waals surface area contributed by atoms with Gasteiger partial charge in [-0.25, -0.2) is 4.98 Å². The molecule has 4 nitrogen and oxygen atoms in total. The quantitative estimate of drug-likeness (QED) is 0.611. The average Bonchev–Trinajstić information content (AvgIpc) is 3.03. The minimum absolute atomic E-state index is 0.0566. The van der Waals surface area contributed by atoms with Crippen molar-refractivity contribution in [1.29, 1.82) is 0 Å². The van der Waals surface area contributed by atoms with Crippen molar-refractivity contribution in [2.75, 3.05) is 5.75 Å². The summed E-state index contributed by atoms with van der Waals surface area (Å²) in [6.07, 6.45) is 1.76. The van der Waals surface area contributed by atoms with Crippen molar-refractivity contribution in [3.63, 3.8) is 0 Å². The third-order valence-electron chi connectivity index (χ3n) is 3.25. The third-order valence-corrected chi connectivity index (χ3v) is 5.45. The number of thiazole rings is 1. The molecule has 0 saturated carbocycles. The molecule has 2 aromatic carbocycles. The van der Waals surface area contributed by atoms with Crippen LogP contribution in [0.1, 0.15) is 10.6 Å². The van der Waals surface area contributed by atoms with Gasteiger partial charge in [0.1, 0.15) is 10.8 Å². The summed E-state index contributed by atoms with van der Waals surface area (Å²) in [6.45, 7) is -2.88. The van der Waals surface area contributed by atoms with Crippen LogP contribution >= 0.6 is 23.1 Å². The summed E-state index contributed by atoms with van der Waals surface area (Å²) < 4.78 is 29.8. The van der Waals surface area contributed by atoms with Gasteiger partial charge in [-0.05, 0) is 35.9 Å². The molecule has 0 bridgehead atoms. The molecular weight excluding hydrogens is 380 g/mol. The van der Waals surface area contributed by atoms with E-state index in [1.54, 1.807) is 18.2 Å². The number of rotatable bonds is 7. The maximum Gasteiger partial charge on any atom is 0.387 e. The summed E-state index contributed by atoms with van der Waals surface area (Å²) in [5, 5.41) is 11.5. The number of carbonyl (C=O) groups excluding carboxylic acids is 1. The van der Waals surface area contributed by atoms with Crippen LogP contribution in [-0.2, 0) is 4.79 Å². The fraction of sp³-hybridized carbons (Fsp3) is 0.111. The van der Waals surface area contributed by atoms with Crippen LogP contribution in [0.4, 0.5) is 8.78 Å². The summed E-state index contributed by atoms with van der Waals surface area (Å²) in [4.78, 5) is 16.0. The highest BCUT2D eigenvalue weighted by Gasteiger charge is 2.10. The lowest BCUT2D eigenvalue weighted by Crippen LogP contribution is -2.24. The molecule has 0 saturated heterocycles. The van der Waals surface area contributed by atoms with Crippen LogP contribution in [0, 0.1) is 0 Å². The molecule has 0 radical (unpaired) electrons. The van der Waals surface area contributed by atoms with Crippen LogP contribution in [0.25, 0.3) is 21.2 Å². The van der Waals surface area contributed by atoms with E-state index in [2.05, 4.69) is 9.72 Å². The molecule has 0 aliphatic heterocycles. The zero-order valence-electron chi connectivity index (χ0n) is 13.2. The van der Waals surface area contributed by atoms with Crippen molar-refractivity contribution in [3.05, 3.63) is 59.1 Å². The van der Waals surface area contributed by atoms with Gasteiger partial charge in [0.2, 0.25) is 0 Å². The first-order valence-corrected chi connectivity index (χ1v) is 9.26. The number of hydrogen-bond donors (Lipinski definition) is 0. The molecule has 0 fully saturated rings. The van der Waals surface area contributed by atoms with E-state index < -0.39 is 12.6 Å². The van der Waals surface area contributed by atoms with Crippen LogP contribution in [0.5, 0.6) is 5.75 Å². The predicted octanol–water partition coefficient (Wildman–Crippen LogP) is 3.88. The predicted molar refractivity (Wildman–Crippen MR) is 98.0 cm³/mol. The zero-order chi connectivity index (χ0) is 18.5. The van der Waals surface area contributed by atoms with Crippen molar-refractivity contribution in [3.8, 4) is 5.75 Å². The minimum atomic E-state index is -2.88. The molecule has 0 atom stereocenters. The first-order valence-electron chi connectivity index (χ1n) is 7.46. The number of benzene rings is 2. The first kappa shape index (κ1) is 18.3. The molecule has 134 valence electrons. The third kappa shape index (κ3) is 4.80. The van der Waals surface area contributed by atoms with Crippen molar-refractivity contribution in [2.24, 2.45) is 0 Å². The van der Waals surface area contributed by atoms with Gasteiger partial charge in [-0.3, -0.25) is 0 Å². The van der Waals surface area contributed by atoms with Crippen LogP contribution in [0.15, 0.2) is 48.5 Å². The van der Waals surface area contributed by atoms with Crippen molar-refractivity contribution >= 4 is 50.3 Å². The smallest absolute Gasteiger partial charge is 0.387 e. The van der Waals surface area contributed by atoms with Crippen molar-refractivity contribution in [2.45, 2.75) is 6.61 Å². The number of nitrogens with zero attached hydrogens (tertiary/aromatic N) is 1. The number of carboxylic acid groups (broad SMARTS) is 1. The average molecular weight is 392 g/mol. The van der Waals surface area contributed by atoms with E-state index in [1.807, 2.05) is 24.3 Å². The van der Waals surface area contributed by atoms with Gasteiger partial charge in [-0.15, -0.1) is 23.1 Å². The van der Waals surface area contributed by atoms with E-state index in [0.29, 0.717) is 15.5 Å².